The zero-order chi connectivity index (χ0) is 13.0. The molecule has 3 N–H and O–H groups in total. The second-order valence-electron chi connectivity index (χ2n) is 3.90. The zero-order valence-electron chi connectivity index (χ0n) is 9.69. The Morgan fingerprint density at radius 3 is 2.56 bits per heavy atom. The lowest BCUT2D eigenvalue weighted by Crippen LogP contribution is -2.22. The maximum absolute atomic E-state index is 11.9. The van der Waals surface area contributed by atoms with Crippen LogP contribution < -0.4 is 11.1 Å². The summed E-state index contributed by atoms with van der Waals surface area (Å²) in [6.45, 7) is 0.510. The average Bonchev–Trinajstić information content (AvgIpc) is 2.40. The number of nitrogens with one attached hydrogen (secondary N) is 1. The van der Waals surface area contributed by atoms with Gasteiger partial charge in [0.25, 0.3) is 5.91 Å². The number of nitrogens with two attached hydrogens (primary N) is 1. The van der Waals surface area contributed by atoms with Gasteiger partial charge in [0, 0.05) is 22.3 Å². The van der Waals surface area contributed by atoms with E-state index in [-0.39, 0.29) is 5.91 Å². The van der Waals surface area contributed by atoms with Crippen LogP contribution in [0.4, 0.5) is 5.69 Å². The molecule has 3 nitrogen and oxygen atoms in total. The van der Waals surface area contributed by atoms with Gasteiger partial charge in [-0.2, -0.15) is 0 Å². The maximum atomic E-state index is 11.9. The zero-order valence-corrected chi connectivity index (χ0v) is 11.3. The van der Waals surface area contributed by atoms with E-state index in [2.05, 4.69) is 21.2 Å². The van der Waals surface area contributed by atoms with Gasteiger partial charge in [0.05, 0.1) is 0 Å². The fourth-order valence-corrected chi connectivity index (χ4v) is 1.81. The van der Waals surface area contributed by atoms with Gasteiger partial charge in [0.15, 0.2) is 0 Å². The molecular formula is C14H13BrN2O. The molecule has 2 aromatic rings. The van der Waals surface area contributed by atoms with Crippen LogP contribution in [0, 0.1) is 0 Å². The molecule has 0 aliphatic carbocycles. The van der Waals surface area contributed by atoms with Gasteiger partial charge >= 0.3 is 0 Å². The molecule has 0 bridgehead atoms. The Hall–Kier alpha value is -1.81. The number of halogens is 1. The highest BCUT2D eigenvalue weighted by atomic mass is 79.9. The van der Waals surface area contributed by atoms with Gasteiger partial charge in [-0.15, -0.1) is 0 Å². The third kappa shape index (κ3) is 3.11. The molecule has 0 atom stereocenters. The molecule has 1 amide bonds. The summed E-state index contributed by atoms with van der Waals surface area (Å²) < 4.78 is 0.794. The van der Waals surface area contributed by atoms with E-state index in [4.69, 9.17) is 5.73 Å². The fraction of sp³-hybridized carbons (Fsp3) is 0.0714. The number of hydrogen-bond acceptors (Lipinski definition) is 2. The van der Waals surface area contributed by atoms with E-state index in [1.807, 2.05) is 30.3 Å². The van der Waals surface area contributed by atoms with Crippen LogP contribution in [-0.2, 0) is 6.54 Å². The normalized spacial score (nSPS) is 10.1. The topological polar surface area (TPSA) is 55.1 Å². The predicted octanol–water partition coefficient (Wildman–Crippen LogP) is 2.96. The molecule has 0 radical (unpaired) electrons. The van der Waals surface area contributed by atoms with Crippen molar-refractivity contribution in [1.29, 1.82) is 0 Å². The van der Waals surface area contributed by atoms with Crippen molar-refractivity contribution in [2.75, 3.05) is 5.73 Å². The first-order chi connectivity index (χ1) is 8.66. The summed E-state index contributed by atoms with van der Waals surface area (Å²) in [4.78, 5) is 11.9. The lowest BCUT2D eigenvalue weighted by molar-refractivity contribution is 0.0951. The third-order valence-corrected chi connectivity index (χ3v) is 3.28. The van der Waals surface area contributed by atoms with Crippen LogP contribution in [0.3, 0.4) is 0 Å². The van der Waals surface area contributed by atoms with Gasteiger partial charge in [0.1, 0.15) is 0 Å². The minimum Gasteiger partial charge on any atom is -0.398 e. The van der Waals surface area contributed by atoms with Crippen molar-refractivity contribution in [2.24, 2.45) is 0 Å². The number of carbonyl (C=O) groups excluding carboxylic acids is 1. The summed E-state index contributed by atoms with van der Waals surface area (Å²) in [6.07, 6.45) is 0. The molecule has 0 saturated heterocycles. The van der Waals surface area contributed by atoms with E-state index in [9.17, 15) is 4.79 Å². The molecule has 0 saturated carbocycles. The lowest BCUT2D eigenvalue weighted by atomic mass is 10.2. The van der Waals surface area contributed by atoms with E-state index in [1.54, 1.807) is 18.2 Å². The Morgan fingerprint density at radius 1 is 1.17 bits per heavy atom. The summed E-state index contributed by atoms with van der Waals surface area (Å²) in [5, 5.41) is 2.85. The largest absolute Gasteiger partial charge is 0.398 e. The number of rotatable bonds is 3. The Labute approximate surface area is 114 Å². The fourth-order valence-electron chi connectivity index (χ4n) is 1.57. The van der Waals surface area contributed by atoms with Gasteiger partial charge < -0.3 is 11.1 Å². The van der Waals surface area contributed by atoms with Crippen LogP contribution >= 0.6 is 15.9 Å². The van der Waals surface area contributed by atoms with E-state index in [0.29, 0.717) is 17.8 Å². The van der Waals surface area contributed by atoms with Gasteiger partial charge in [0.2, 0.25) is 0 Å². The van der Waals surface area contributed by atoms with Crippen molar-refractivity contribution in [3.63, 3.8) is 0 Å². The number of anilines is 1. The monoisotopic (exact) mass is 304 g/mol. The number of hydrogen-bond donors (Lipinski definition) is 2. The standard InChI is InChI=1S/C14H13BrN2O/c15-12-7-6-11(8-13(12)16)14(18)17-9-10-4-2-1-3-5-10/h1-8H,9,16H2,(H,17,18). The summed E-state index contributed by atoms with van der Waals surface area (Å²) in [5.41, 5.74) is 7.92. The summed E-state index contributed by atoms with van der Waals surface area (Å²) >= 11 is 3.30. The molecule has 0 unspecified atom stereocenters. The van der Waals surface area contributed by atoms with Crippen molar-refractivity contribution >= 4 is 27.5 Å². The predicted molar refractivity (Wildman–Crippen MR) is 76.2 cm³/mol. The van der Waals surface area contributed by atoms with Crippen LogP contribution in [0.5, 0.6) is 0 Å². The van der Waals surface area contributed by atoms with Gasteiger partial charge in [-0.1, -0.05) is 30.3 Å². The molecule has 0 aliphatic rings. The molecule has 2 rings (SSSR count). The van der Waals surface area contributed by atoms with Crippen molar-refractivity contribution in [2.45, 2.75) is 6.54 Å². The molecule has 0 spiro atoms. The van der Waals surface area contributed by atoms with E-state index in [0.717, 1.165) is 10.0 Å². The smallest absolute Gasteiger partial charge is 0.251 e. The molecule has 4 heteroatoms. The number of amides is 1. The summed E-state index contributed by atoms with van der Waals surface area (Å²) in [7, 11) is 0. The summed E-state index contributed by atoms with van der Waals surface area (Å²) in [5.74, 6) is -0.127. The molecule has 0 heterocycles. The van der Waals surface area contributed by atoms with Crippen molar-refractivity contribution in [1.82, 2.24) is 5.32 Å². The molecule has 0 aromatic heterocycles. The minimum absolute atomic E-state index is 0.127. The molecule has 0 fully saturated rings. The van der Waals surface area contributed by atoms with Gasteiger partial charge in [-0.05, 0) is 39.7 Å². The SMILES string of the molecule is Nc1cc(C(=O)NCc2ccccc2)ccc1Br. The second kappa shape index (κ2) is 5.69. The van der Waals surface area contributed by atoms with Crippen LogP contribution in [0.1, 0.15) is 15.9 Å². The first-order valence-electron chi connectivity index (χ1n) is 5.54. The third-order valence-electron chi connectivity index (χ3n) is 2.55. The maximum Gasteiger partial charge on any atom is 0.251 e. The molecule has 92 valence electrons. The molecule has 18 heavy (non-hydrogen) atoms. The highest BCUT2D eigenvalue weighted by molar-refractivity contribution is 9.10. The van der Waals surface area contributed by atoms with E-state index >= 15 is 0 Å². The first-order valence-corrected chi connectivity index (χ1v) is 6.33. The van der Waals surface area contributed by atoms with Crippen LogP contribution in [0.2, 0.25) is 0 Å². The molecule has 2 aromatic carbocycles. The Bertz CT molecular complexity index is 555. The Kier molecular flexibility index (Phi) is 3.99. The Morgan fingerprint density at radius 2 is 1.89 bits per heavy atom. The average molecular weight is 305 g/mol. The van der Waals surface area contributed by atoms with E-state index < -0.39 is 0 Å². The van der Waals surface area contributed by atoms with Crippen LogP contribution in [-0.4, -0.2) is 5.91 Å². The number of carbonyl (C=O) groups is 1. The van der Waals surface area contributed by atoms with E-state index in [1.165, 1.54) is 0 Å². The molecule has 0 aliphatic heterocycles. The van der Waals surface area contributed by atoms with Gasteiger partial charge in [-0.3, -0.25) is 4.79 Å². The number of nitrogen functional groups attached to an aromatic ring is 1. The second-order valence-corrected chi connectivity index (χ2v) is 4.76. The summed E-state index contributed by atoms with van der Waals surface area (Å²) in [6, 6.07) is 14.9. The van der Waals surface area contributed by atoms with Crippen molar-refractivity contribution < 1.29 is 4.79 Å². The Balaban J connectivity index is 2.02. The highest BCUT2D eigenvalue weighted by Crippen LogP contribution is 2.20. The van der Waals surface area contributed by atoms with Crippen molar-refractivity contribution in [3.8, 4) is 0 Å². The van der Waals surface area contributed by atoms with Crippen LogP contribution in [0.15, 0.2) is 53.0 Å². The van der Waals surface area contributed by atoms with Crippen LogP contribution in [0.25, 0.3) is 0 Å². The lowest BCUT2D eigenvalue weighted by Gasteiger charge is -2.06. The quantitative estimate of drug-likeness (QED) is 0.857. The first kappa shape index (κ1) is 12.6. The minimum atomic E-state index is -0.127. The number of benzene rings is 2. The highest BCUT2D eigenvalue weighted by Gasteiger charge is 2.06. The molecular weight excluding hydrogens is 292 g/mol. The van der Waals surface area contributed by atoms with Crippen molar-refractivity contribution in [3.05, 3.63) is 64.1 Å². The van der Waals surface area contributed by atoms with Gasteiger partial charge in [-0.25, -0.2) is 0 Å².